The van der Waals surface area contributed by atoms with E-state index in [9.17, 15) is 4.79 Å². The van der Waals surface area contributed by atoms with Crippen molar-refractivity contribution in [1.29, 1.82) is 0 Å². The van der Waals surface area contributed by atoms with Gasteiger partial charge < -0.3 is 28.1 Å². The van der Waals surface area contributed by atoms with Gasteiger partial charge in [-0.05, 0) is 104 Å². The standard InChI is InChI=1S/C33H48B2O7/c1-30(2)31(3,4)40-34(39-30)26-21-23(16-19-28(26)37-9)13-11-12-14-25(36)18-15-24-17-20-29(38-10)27(22-24)35-41-32(5,6)33(7,8)42-35/h16-17,19-22H,11-15,18H2,1-10H3. The first-order chi connectivity index (χ1) is 19.6. The van der Waals surface area contributed by atoms with E-state index in [1.165, 1.54) is 5.56 Å². The molecule has 0 bridgehead atoms. The Balaban J connectivity index is 1.28. The number of unbranched alkanes of at least 4 members (excludes halogenated alkanes) is 1. The van der Waals surface area contributed by atoms with Crippen molar-refractivity contribution >= 4 is 30.9 Å². The fourth-order valence-electron chi connectivity index (χ4n) is 5.25. The first-order valence-electron chi connectivity index (χ1n) is 15.2. The molecule has 0 unspecified atom stereocenters. The van der Waals surface area contributed by atoms with Crippen LogP contribution in [0.5, 0.6) is 11.5 Å². The van der Waals surface area contributed by atoms with Crippen LogP contribution in [-0.2, 0) is 36.3 Å². The lowest BCUT2D eigenvalue weighted by Gasteiger charge is -2.32. The third kappa shape index (κ3) is 6.91. The van der Waals surface area contributed by atoms with Crippen molar-refractivity contribution in [2.45, 2.75) is 116 Å². The molecule has 9 heteroatoms. The number of aryl methyl sites for hydroxylation is 2. The van der Waals surface area contributed by atoms with Gasteiger partial charge in [-0.2, -0.15) is 0 Å². The molecule has 7 nitrogen and oxygen atoms in total. The number of hydrogen-bond donors (Lipinski definition) is 0. The molecule has 2 aromatic carbocycles. The van der Waals surface area contributed by atoms with Crippen LogP contribution in [0.15, 0.2) is 36.4 Å². The van der Waals surface area contributed by atoms with Gasteiger partial charge in [0.25, 0.3) is 0 Å². The van der Waals surface area contributed by atoms with Crippen molar-refractivity contribution in [3.05, 3.63) is 47.5 Å². The van der Waals surface area contributed by atoms with E-state index in [1.54, 1.807) is 14.2 Å². The quantitative estimate of drug-likeness (QED) is 0.253. The summed E-state index contributed by atoms with van der Waals surface area (Å²) in [6, 6.07) is 12.2. The maximum Gasteiger partial charge on any atom is 0.498 e. The van der Waals surface area contributed by atoms with Crippen LogP contribution in [0.25, 0.3) is 0 Å². The van der Waals surface area contributed by atoms with Gasteiger partial charge in [-0.3, -0.25) is 4.79 Å². The van der Waals surface area contributed by atoms with Crippen LogP contribution >= 0.6 is 0 Å². The zero-order valence-corrected chi connectivity index (χ0v) is 27.2. The highest BCUT2D eigenvalue weighted by Crippen LogP contribution is 2.38. The zero-order chi connectivity index (χ0) is 30.9. The largest absolute Gasteiger partial charge is 0.498 e. The monoisotopic (exact) mass is 578 g/mol. The Bertz CT molecular complexity index is 1240. The highest BCUT2D eigenvalue weighted by Gasteiger charge is 2.53. The van der Waals surface area contributed by atoms with Crippen LogP contribution < -0.4 is 20.4 Å². The maximum atomic E-state index is 12.8. The summed E-state index contributed by atoms with van der Waals surface area (Å²) in [6.07, 6.45) is 4.39. The molecular formula is C33H48B2O7. The molecule has 0 N–H and O–H groups in total. The van der Waals surface area contributed by atoms with E-state index in [0.29, 0.717) is 19.3 Å². The van der Waals surface area contributed by atoms with Crippen molar-refractivity contribution in [3.8, 4) is 11.5 Å². The van der Waals surface area contributed by atoms with E-state index >= 15 is 0 Å². The Morgan fingerprint density at radius 1 is 0.619 bits per heavy atom. The van der Waals surface area contributed by atoms with Gasteiger partial charge in [0.2, 0.25) is 0 Å². The predicted molar refractivity (Wildman–Crippen MR) is 168 cm³/mol. The molecule has 2 aromatic rings. The summed E-state index contributed by atoms with van der Waals surface area (Å²) in [7, 11) is 2.33. The summed E-state index contributed by atoms with van der Waals surface area (Å²) in [4.78, 5) is 12.8. The smallest absolute Gasteiger partial charge is 0.497 e. The third-order valence-electron chi connectivity index (χ3n) is 9.47. The molecule has 2 aliphatic rings. The van der Waals surface area contributed by atoms with E-state index in [0.717, 1.165) is 47.3 Å². The average molecular weight is 578 g/mol. The van der Waals surface area contributed by atoms with Gasteiger partial charge in [0.05, 0.1) is 36.6 Å². The van der Waals surface area contributed by atoms with Gasteiger partial charge in [0.15, 0.2) is 0 Å². The summed E-state index contributed by atoms with van der Waals surface area (Å²) in [5.74, 6) is 1.76. The van der Waals surface area contributed by atoms with Gasteiger partial charge >= 0.3 is 14.2 Å². The number of Topliss-reactive ketones (excluding diaryl/α,β-unsaturated/α-hetero) is 1. The predicted octanol–water partition coefficient (Wildman–Crippen LogP) is 5.22. The first kappa shape index (κ1) is 32.6. The summed E-state index contributed by atoms with van der Waals surface area (Å²) >= 11 is 0. The fraction of sp³-hybridized carbons (Fsp3) is 0.606. The molecule has 2 fully saturated rings. The lowest BCUT2D eigenvalue weighted by atomic mass is 9.77. The molecule has 4 rings (SSSR count). The molecule has 2 aliphatic heterocycles. The van der Waals surface area contributed by atoms with Crippen LogP contribution in [0.2, 0.25) is 0 Å². The van der Waals surface area contributed by atoms with Gasteiger partial charge in [-0.1, -0.05) is 24.3 Å². The van der Waals surface area contributed by atoms with Crippen LogP contribution in [0.3, 0.4) is 0 Å². The molecule has 0 aromatic heterocycles. The molecule has 0 spiro atoms. The van der Waals surface area contributed by atoms with Crippen LogP contribution in [0.1, 0.15) is 92.2 Å². The van der Waals surface area contributed by atoms with Gasteiger partial charge in [-0.25, -0.2) is 0 Å². The molecule has 42 heavy (non-hydrogen) atoms. The Labute approximate surface area is 253 Å². The molecule has 0 aliphatic carbocycles. The maximum absolute atomic E-state index is 12.8. The third-order valence-corrected chi connectivity index (χ3v) is 9.47. The second-order valence-electron chi connectivity index (χ2n) is 13.6. The second-order valence-corrected chi connectivity index (χ2v) is 13.6. The normalized spacial score (nSPS) is 20.1. The number of methoxy groups -OCH3 is 2. The van der Waals surface area contributed by atoms with Crippen molar-refractivity contribution in [2.75, 3.05) is 14.2 Å². The van der Waals surface area contributed by atoms with Gasteiger partial charge in [0, 0.05) is 23.8 Å². The summed E-state index contributed by atoms with van der Waals surface area (Å²) in [6.45, 7) is 16.3. The first-order valence-corrected chi connectivity index (χ1v) is 15.2. The minimum Gasteiger partial charge on any atom is -0.497 e. The summed E-state index contributed by atoms with van der Waals surface area (Å²) in [5.41, 5.74) is 2.31. The molecule has 0 atom stereocenters. The summed E-state index contributed by atoms with van der Waals surface area (Å²) < 4.78 is 36.2. The SMILES string of the molecule is COc1ccc(CCCCC(=O)CCc2ccc(OC)c(B3OC(C)(C)C(C)(C)O3)c2)cc1B1OC(C)(C)C(C)(C)O1. The lowest BCUT2D eigenvalue weighted by molar-refractivity contribution is -0.119. The Kier molecular flexibility index (Phi) is 9.58. The van der Waals surface area contributed by atoms with E-state index in [4.69, 9.17) is 28.1 Å². The number of carbonyl (C=O) groups excluding carboxylic acids is 1. The number of benzene rings is 2. The van der Waals surface area contributed by atoms with Crippen LogP contribution in [0, 0.1) is 0 Å². The number of ether oxygens (including phenoxy) is 2. The summed E-state index contributed by atoms with van der Waals surface area (Å²) in [5, 5.41) is 0. The van der Waals surface area contributed by atoms with E-state index in [-0.39, 0.29) is 5.78 Å². The Morgan fingerprint density at radius 2 is 1.02 bits per heavy atom. The molecule has 0 amide bonds. The van der Waals surface area contributed by atoms with E-state index < -0.39 is 36.6 Å². The van der Waals surface area contributed by atoms with Crippen molar-refractivity contribution in [1.82, 2.24) is 0 Å². The van der Waals surface area contributed by atoms with E-state index in [2.05, 4.69) is 18.2 Å². The highest BCUT2D eigenvalue weighted by atomic mass is 16.7. The molecule has 228 valence electrons. The number of rotatable bonds is 12. The fourth-order valence-corrected chi connectivity index (χ4v) is 5.25. The minimum absolute atomic E-state index is 0.274. The number of ketones is 1. The Hall–Kier alpha value is -2.32. The van der Waals surface area contributed by atoms with Crippen molar-refractivity contribution < 1.29 is 32.9 Å². The van der Waals surface area contributed by atoms with Gasteiger partial charge in [0.1, 0.15) is 17.3 Å². The van der Waals surface area contributed by atoms with Crippen LogP contribution in [0.4, 0.5) is 0 Å². The number of carbonyl (C=O) groups is 1. The second kappa shape index (κ2) is 12.4. The molecular weight excluding hydrogens is 530 g/mol. The molecule has 0 saturated carbocycles. The molecule has 2 heterocycles. The number of hydrogen-bond acceptors (Lipinski definition) is 7. The van der Waals surface area contributed by atoms with E-state index in [1.807, 2.05) is 73.6 Å². The molecule has 2 saturated heterocycles. The van der Waals surface area contributed by atoms with Crippen molar-refractivity contribution in [2.24, 2.45) is 0 Å². The highest BCUT2D eigenvalue weighted by molar-refractivity contribution is 6.63. The van der Waals surface area contributed by atoms with Crippen molar-refractivity contribution in [3.63, 3.8) is 0 Å². The average Bonchev–Trinajstić information content (AvgIpc) is 3.28. The topological polar surface area (TPSA) is 72.5 Å². The van der Waals surface area contributed by atoms with Gasteiger partial charge in [-0.15, -0.1) is 0 Å². The zero-order valence-electron chi connectivity index (χ0n) is 27.2. The minimum atomic E-state index is -0.510. The Morgan fingerprint density at radius 3 is 1.43 bits per heavy atom. The van der Waals surface area contributed by atoms with Crippen LogP contribution in [-0.4, -0.2) is 56.6 Å². The molecule has 0 radical (unpaired) electrons. The lowest BCUT2D eigenvalue weighted by Crippen LogP contribution is -2.41.